The topological polar surface area (TPSA) is 0 Å². The Kier molecular flexibility index (Phi) is 3.87. The molecule has 0 aliphatic carbocycles. The van der Waals surface area contributed by atoms with Crippen molar-refractivity contribution in [3.8, 4) is 11.1 Å². The summed E-state index contributed by atoms with van der Waals surface area (Å²) in [6.07, 6.45) is 0.977. The SMILES string of the molecule is Cc1cccc(-c2ccccc2Cc2ccccc2)c1C. The zero-order valence-corrected chi connectivity index (χ0v) is 12.6. The fourth-order valence-corrected chi connectivity index (χ4v) is 2.80. The number of rotatable bonds is 3. The number of hydrogen-bond donors (Lipinski definition) is 0. The van der Waals surface area contributed by atoms with Crippen LogP contribution in [-0.2, 0) is 6.42 Å². The molecule has 3 rings (SSSR count). The second-order valence-electron chi connectivity index (χ2n) is 5.57. The minimum absolute atomic E-state index is 0.977. The van der Waals surface area contributed by atoms with Gasteiger partial charge in [-0.2, -0.15) is 0 Å². The maximum atomic E-state index is 2.24. The summed E-state index contributed by atoms with van der Waals surface area (Å²) in [4.78, 5) is 0. The van der Waals surface area contributed by atoms with Crippen molar-refractivity contribution in [1.82, 2.24) is 0 Å². The molecule has 0 atom stereocenters. The van der Waals surface area contributed by atoms with Crippen molar-refractivity contribution in [3.63, 3.8) is 0 Å². The van der Waals surface area contributed by atoms with Gasteiger partial charge in [0, 0.05) is 0 Å². The molecule has 0 spiro atoms. The van der Waals surface area contributed by atoms with Crippen LogP contribution in [0.2, 0.25) is 0 Å². The molecule has 0 nitrogen and oxygen atoms in total. The molecule has 0 radical (unpaired) electrons. The second-order valence-corrected chi connectivity index (χ2v) is 5.57. The highest BCUT2D eigenvalue weighted by molar-refractivity contribution is 5.72. The van der Waals surface area contributed by atoms with Crippen LogP contribution in [0, 0.1) is 13.8 Å². The smallest absolute Gasteiger partial charge is 0.00196 e. The number of benzene rings is 3. The van der Waals surface area contributed by atoms with E-state index in [0.717, 1.165) is 6.42 Å². The van der Waals surface area contributed by atoms with E-state index in [1.165, 1.54) is 33.4 Å². The van der Waals surface area contributed by atoms with Crippen molar-refractivity contribution in [1.29, 1.82) is 0 Å². The number of aryl methyl sites for hydroxylation is 1. The summed E-state index contributed by atoms with van der Waals surface area (Å²) >= 11 is 0. The fourth-order valence-electron chi connectivity index (χ4n) is 2.80. The molecule has 0 unspecified atom stereocenters. The molecular formula is C21H20. The van der Waals surface area contributed by atoms with Crippen LogP contribution in [0.1, 0.15) is 22.3 Å². The molecule has 104 valence electrons. The molecule has 21 heavy (non-hydrogen) atoms. The lowest BCUT2D eigenvalue weighted by Crippen LogP contribution is -1.94. The molecule has 0 aromatic heterocycles. The monoisotopic (exact) mass is 272 g/mol. The van der Waals surface area contributed by atoms with Gasteiger partial charge in [-0.15, -0.1) is 0 Å². The Morgan fingerprint density at radius 1 is 0.619 bits per heavy atom. The van der Waals surface area contributed by atoms with Crippen LogP contribution in [0.25, 0.3) is 11.1 Å². The zero-order valence-electron chi connectivity index (χ0n) is 12.6. The van der Waals surface area contributed by atoms with E-state index in [2.05, 4.69) is 86.6 Å². The standard InChI is InChI=1S/C21H20/c1-16-9-8-14-20(17(16)2)21-13-7-6-12-19(21)15-18-10-4-3-5-11-18/h3-14H,15H2,1-2H3. The lowest BCUT2D eigenvalue weighted by atomic mass is 9.91. The van der Waals surface area contributed by atoms with E-state index in [4.69, 9.17) is 0 Å². The largest absolute Gasteiger partial charge is 0.0622 e. The molecule has 0 N–H and O–H groups in total. The summed E-state index contributed by atoms with van der Waals surface area (Å²) in [6, 6.07) is 26.0. The third-order valence-corrected chi connectivity index (χ3v) is 4.15. The molecule has 0 aliphatic rings. The molecule has 0 saturated carbocycles. The van der Waals surface area contributed by atoms with Gasteiger partial charge in [0.1, 0.15) is 0 Å². The normalized spacial score (nSPS) is 10.6. The number of hydrogen-bond acceptors (Lipinski definition) is 0. The van der Waals surface area contributed by atoms with Gasteiger partial charge in [0.05, 0.1) is 0 Å². The highest BCUT2D eigenvalue weighted by Gasteiger charge is 2.08. The van der Waals surface area contributed by atoms with Gasteiger partial charge in [0.2, 0.25) is 0 Å². The van der Waals surface area contributed by atoms with E-state index >= 15 is 0 Å². The van der Waals surface area contributed by atoms with Crippen LogP contribution in [-0.4, -0.2) is 0 Å². The van der Waals surface area contributed by atoms with Crippen LogP contribution >= 0.6 is 0 Å². The molecule has 3 aromatic rings. The predicted molar refractivity (Wildman–Crippen MR) is 90.6 cm³/mol. The molecule has 0 bridgehead atoms. The molecule has 0 aliphatic heterocycles. The Bertz CT molecular complexity index is 739. The van der Waals surface area contributed by atoms with Crippen molar-refractivity contribution in [3.05, 3.63) is 95.1 Å². The summed E-state index contributed by atoms with van der Waals surface area (Å²) in [7, 11) is 0. The minimum atomic E-state index is 0.977. The van der Waals surface area contributed by atoms with Crippen LogP contribution in [0.4, 0.5) is 0 Å². The van der Waals surface area contributed by atoms with Gasteiger partial charge >= 0.3 is 0 Å². The average molecular weight is 272 g/mol. The summed E-state index contributed by atoms with van der Waals surface area (Å²) in [5.74, 6) is 0. The summed E-state index contributed by atoms with van der Waals surface area (Å²) in [5.41, 5.74) is 8.16. The summed E-state index contributed by atoms with van der Waals surface area (Å²) in [5, 5.41) is 0. The van der Waals surface area contributed by atoms with Gasteiger partial charge in [0.25, 0.3) is 0 Å². The maximum absolute atomic E-state index is 2.24. The van der Waals surface area contributed by atoms with E-state index in [0.29, 0.717) is 0 Å². The average Bonchev–Trinajstić information content (AvgIpc) is 2.52. The van der Waals surface area contributed by atoms with Gasteiger partial charge < -0.3 is 0 Å². The first-order valence-corrected chi connectivity index (χ1v) is 7.44. The summed E-state index contributed by atoms with van der Waals surface area (Å²) in [6.45, 7) is 4.39. The quantitative estimate of drug-likeness (QED) is 0.585. The molecule has 0 heterocycles. The Morgan fingerprint density at radius 3 is 2.10 bits per heavy atom. The zero-order chi connectivity index (χ0) is 14.7. The van der Waals surface area contributed by atoms with Crippen LogP contribution in [0.5, 0.6) is 0 Å². The van der Waals surface area contributed by atoms with Crippen molar-refractivity contribution >= 4 is 0 Å². The second kappa shape index (κ2) is 5.97. The Hall–Kier alpha value is -2.34. The van der Waals surface area contributed by atoms with Crippen LogP contribution in [0.15, 0.2) is 72.8 Å². The van der Waals surface area contributed by atoms with Gasteiger partial charge in [-0.05, 0) is 53.6 Å². The molecular weight excluding hydrogens is 252 g/mol. The van der Waals surface area contributed by atoms with Crippen LogP contribution in [0.3, 0.4) is 0 Å². The van der Waals surface area contributed by atoms with Gasteiger partial charge in [-0.1, -0.05) is 72.8 Å². The first kappa shape index (κ1) is 13.6. The lowest BCUT2D eigenvalue weighted by molar-refractivity contribution is 1.19. The van der Waals surface area contributed by atoms with E-state index in [-0.39, 0.29) is 0 Å². The van der Waals surface area contributed by atoms with Gasteiger partial charge in [-0.3, -0.25) is 0 Å². The van der Waals surface area contributed by atoms with Crippen LogP contribution < -0.4 is 0 Å². The van der Waals surface area contributed by atoms with Crippen molar-refractivity contribution < 1.29 is 0 Å². The Balaban J connectivity index is 2.06. The Morgan fingerprint density at radius 2 is 1.29 bits per heavy atom. The molecule has 3 aromatic carbocycles. The van der Waals surface area contributed by atoms with E-state index in [1.54, 1.807) is 0 Å². The third kappa shape index (κ3) is 2.90. The first-order valence-electron chi connectivity index (χ1n) is 7.44. The molecule has 0 heteroatoms. The van der Waals surface area contributed by atoms with Crippen molar-refractivity contribution in [2.24, 2.45) is 0 Å². The van der Waals surface area contributed by atoms with Crippen molar-refractivity contribution in [2.45, 2.75) is 20.3 Å². The van der Waals surface area contributed by atoms with Crippen molar-refractivity contribution in [2.75, 3.05) is 0 Å². The van der Waals surface area contributed by atoms with E-state index < -0.39 is 0 Å². The van der Waals surface area contributed by atoms with E-state index in [9.17, 15) is 0 Å². The van der Waals surface area contributed by atoms with E-state index in [1.807, 2.05) is 0 Å². The fraction of sp³-hybridized carbons (Fsp3) is 0.143. The highest BCUT2D eigenvalue weighted by Crippen LogP contribution is 2.29. The highest BCUT2D eigenvalue weighted by atomic mass is 14.1. The minimum Gasteiger partial charge on any atom is -0.0622 e. The third-order valence-electron chi connectivity index (χ3n) is 4.15. The maximum Gasteiger partial charge on any atom is -0.00196 e. The molecule has 0 amide bonds. The van der Waals surface area contributed by atoms with Gasteiger partial charge in [0.15, 0.2) is 0 Å². The predicted octanol–water partition coefficient (Wildman–Crippen LogP) is 5.56. The molecule has 0 saturated heterocycles. The lowest BCUT2D eigenvalue weighted by Gasteiger charge is -2.13. The molecule has 0 fully saturated rings. The summed E-state index contributed by atoms with van der Waals surface area (Å²) < 4.78 is 0. The first-order chi connectivity index (χ1) is 10.3. The van der Waals surface area contributed by atoms with Gasteiger partial charge in [-0.25, -0.2) is 0 Å². The Labute approximate surface area is 127 Å².